The van der Waals surface area contributed by atoms with Gasteiger partial charge in [-0.15, -0.1) is 0 Å². The molecule has 0 aliphatic heterocycles. The summed E-state index contributed by atoms with van der Waals surface area (Å²) in [7, 11) is 5.19. The summed E-state index contributed by atoms with van der Waals surface area (Å²) in [6.07, 6.45) is 0. The summed E-state index contributed by atoms with van der Waals surface area (Å²) in [5, 5.41) is 6.03. The SMILES string of the molecule is CN=C(NC)NCCOc1ccc(OC)cc1. The van der Waals surface area contributed by atoms with Crippen LogP contribution in [0.1, 0.15) is 0 Å². The lowest BCUT2D eigenvalue weighted by Crippen LogP contribution is -2.37. The first-order valence-electron chi connectivity index (χ1n) is 5.45. The molecule has 0 aliphatic carbocycles. The molecule has 1 aromatic rings. The first kappa shape index (κ1) is 13.2. The molecule has 0 saturated carbocycles. The summed E-state index contributed by atoms with van der Waals surface area (Å²) in [6, 6.07) is 7.50. The fourth-order valence-electron chi connectivity index (χ4n) is 1.29. The summed E-state index contributed by atoms with van der Waals surface area (Å²) in [4.78, 5) is 4.00. The molecule has 0 atom stereocenters. The van der Waals surface area contributed by atoms with Crippen LogP contribution >= 0.6 is 0 Å². The van der Waals surface area contributed by atoms with Gasteiger partial charge in [0.05, 0.1) is 13.7 Å². The van der Waals surface area contributed by atoms with Crippen molar-refractivity contribution in [1.82, 2.24) is 10.6 Å². The summed E-state index contributed by atoms with van der Waals surface area (Å²) in [5.41, 5.74) is 0. The van der Waals surface area contributed by atoms with Crippen LogP contribution in [-0.2, 0) is 0 Å². The van der Waals surface area contributed by atoms with Crippen molar-refractivity contribution >= 4 is 5.96 Å². The van der Waals surface area contributed by atoms with Crippen LogP contribution in [0.3, 0.4) is 0 Å². The van der Waals surface area contributed by atoms with E-state index in [4.69, 9.17) is 9.47 Å². The maximum Gasteiger partial charge on any atom is 0.190 e. The third-order valence-electron chi connectivity index (χ3n) is 2.18. The van der Waals surface area contributed by atoms with Crippen molar-refractivity contribution in [2.45, 2.75) is 0 Å². The number of nitrogens with zero attached hydrogens (tertiary/aromatic N) is 1. The molecule has 0 bridgehead atoms. The zero-order valence-electron chi connectivity index (χ0n) is 10.5. The van der Waals surface area contributed by atoms with Gasteiger partial charge in [0.1, 0.15) is 18.1 Å². The van der Waals surface area contributed by atoms with Crippen molar-refractivity contribution in [1.29, 1.82) is 0 Å². The van der Waals surface area contributed by atoms with Crippen molar-refractivity contribution in [2.75, 3.05) is 34.4 Å². The lowest BCUT2D eigenvalue weighted by Gasteiger charge is -2.10. The van der Waals surface area contributed by atoms with Crippen molar-refractivity contribution in [3.63, 3.8) is 0 Å². The Kier molecular flexibility index (Phi) is 5.71. The van der Waals surface area contributed by atoms with Crippen molar-refractivity contribution < 1.29 is 9.47 Å². The first-order chi connectivity index (χ1) is 8.30. The number of rotatable bonds is 5. The molecule has 17 heavy (non-hydrogen) atoms. The van der Waals surface area contributed by atoms with Crippen molar-refractivity contribution in [3.8, 4) is 11.5 Å². The van der Waals surface area contributed by atoms with Crippen molar-refractivity contribution in [2.24, 2.45) is 4.99 Å². The van der Waals surface area contributed by atoms with E-state index in [-0.39, 0.29) is 0 Å². The molecule has 5 nitrogen and oxygen atoms in total. The lowest BCUT2D eigenvalue weighted by atomic mass is 10.3. The molecule has 94 valence electrons. The minimum absolute atomic E-state index is 0.576. The predicted molar refractivity (Wildman–Crippen MR) is 68.9 cm³/mol. The predicted octanol–water partition coefficient (Wildman–Crippen LogP) is 0.869. The standard InChI is InChI=1S/C12H19N3O2/c1-13-12(14-2)15-8-9-17-11-6-4-10(16-3)5-7-11/h4-7H,8-9H2,1-3H3,(H2,13,14,15). The molecule has 0 spiro atoms. The van der Waals surface area contributed by atoms with Gasteiger partial charge in [-0.25, -0.2) is 0 Å². The van der Waals surface area contributed by atoms with Crippen LogP contribution in [0.5, 0.6) is 11.5 Å². The lowest BCUT2D eigenvalue weighted by molar-refractivity contribution is 0.321. The monoisotopic (exact) mass is 237 g/mol. The molecule has 0 radical (unpaired) electrons. The Bertz CT molecular complexity index is 349. The highest BCUT2D eigenvalue weighted by molar-refractivity contribution is 5.79. The van der Waals surface area contributed by atoms with Crippen LogP contribution in [0.25, 0.3) is 0 Å². The second-order valence-corrected chi connectivity index (χ2v) is 3.27. The average Bonchev–Trinajstić information content (AvgIpc) is 2.40. The van der Waals surface area contributed by atoms with Gasteiger partial charge < -0.3 is 20.1 Å². The Morgan fingerprint density at radius 3 is 2.41 bits per heavy atom. The molecule has 0 aromatic heterocycles. The number of benzene rings is 1. The highest BCUT2D eigenvalue weighted by Crippen LogP contribution is 2.16. The third kappa shape index (κ3) is 4.63. The average molecular weight is 237 g/mol. The first-order valence-corrected chi connectivity index (χ1v) is 5.45. The van der Waals surface area contributed by atoms with E-state index < -0.39 is 0 Å². The largest absolute Gasteiger partial charge is 0.497 e. The van der Waals surface area contributed by atoms with Crippen molar-refractivity contribution in [3.05, 3.63) is 24.3 Å². The van der Waals surface area contributed by atoms with Gasteiger partial charge in [-0.3, -0.25) is 4.99 Å². The normalized spacial score (nSPS) is 10.9. The number of guanidine groups is 1. The molecule has 0 aliphatic rings. The van der Waals surface area contributed by atoms with Crippen LogP contribution in [0, 0.1) is 0 Å². The Morgan fingerprint density at radius 1 is 1.24 bits per heavy atom. The molecule has 1 aromatic carbocycles. The minimum atomic E-state index is 0.576. The molecule has 1 rings (SSSR count). The van der Waals surface area contributed by atoms with Gasteiger partial charge in [0, 0.05) is 14.1 Å². The summed E-state index contributed by atoms with van der Waals surface area (Å²) >= 11 is 0. The minimum Gasteiger partial charge on any atom is -0.497 e. The van der Waals surface area contributed by atoms with Gasteiger partial charge in [-0.05, 0) is 24.3 Å². The Labute approximate surface area is 102 Å². The van der Waals surface area contributed by atoms with E-state index in [9.17, 15) is 0 Å². The highest BCUT2D eigenvalue weighted by atomic mass is 16.5. The quantitative estimate of drug-likeness (QED) is 0.453. The van der Waals surface area contributed by atoms with E-state index in [1.165, 1.54) is 0 Å². The Balaban J connectivity index is 2.26. The van der Waals surface area contributed by atoms with Gasteiger partial charge in [0.25, 0.3) is 0 Å². The smallest absolute Gasteiger partial charge is 0.190 e. The van der Waals surface area contributed by atoms with E-state index in [0.29, 0.717) is 13.2 Å². The number of nitrogens with one attached hydrogen (secondary N) is 2. The molecular formula is C12H19N3O2. The summed E-state index contributed by atoms with van der Waals surface area (Å²) < 4.78 is 10.6. The maximum absolute atomic E-state index is 5.54. The fourth-order valence-corrected chi connectivity index (χ4v) is 1.29. The number of aliphatic imine (C=N–C) groups is 1. The van der Waals surface area contributed by atoms with E-state index in [2.05, 4.69) is 15.6 Å². The highest BCUT2D eigenvalue weighted by Gasteiger charge is 1.96. The molecule has 5 heteroatoms. The Morgan fingerprint density at radius 2 is 1.88 bits per heavy atom. The van der Waals surface area contributed by atoms with Crippen LogP contribution in [-0.4, -0.2) is 40.3 Å². The van der Waals surface area contributed by atoms with Gasteiger partial charge in [0.15, 0.2) is 5.96 Å². The number of hydrogen-bond donors (Lipinski definition) is 2. The van der Waals surface area contributed by atoms with Gasteiger partial charge in [-0.2, -0.15) is 0 Å². The number of hydrogen-bond acceptors (Lipinski definition) is 3. The molecule has 0 heterocycles. The Hall–Kier alpha value is -1.91. The van der Waals surface area contributed by atoms with Gasteiger partial charge >= 0.3 is 0 Å². The van der Waals surface area contributed by atoms with E-state index in [1.807, 2.05) is 31.3 Å². The molecule has 0 unspecified atom stereocenters. The topological polar surface area (TPSA) is 54.9 Å². The molecular weight excluding hydrogens is 218 g/mol. The van der Waals surface area contributed by atoms with E-state index in [1.54, 1.807) is 14.2 Å². The van der Waals surface area contributed by atoms with Crippen LogP contribution in [0.4, 0.5) is 0 Å². The second kappa shape index (κ2) is 7.38. The molecule has 0 saturated heterocycles. The molecule has 2 N–H and O–H groups in total. The zero-order valence-corrected chi connectivity index (χ0v) is 10.5. The summed E-state index contributed by atoms with van der Waals surface area (Å²) in [6.45, 7) is 1.27. The number of methoxy groups -OCH3 is 1. The van der Waals surface area contributed by atoms with Crippen LogP contribution in [0.15, 0.2) is 29.3 Å². The van der Waals surface area contributed by atoms with E-state index in [0.717, 1.165) is 17.5 Å². The van der Waals surface area contributed by atoms with Crippen LogP contribution < -0.4 is 20.1 Å². The van der Waals surface area contributed by atoms with E-state index >= 15 is 0 Å². The number of ether oxygens (including phenoxy) is 2. The zero-order chi connectivity index (χ0) is 12.5. The summed E-state index contributed by atoms with van der Waals surface area (Å²) in [5.74, 6) is 2.40. The van der Waals surface area contributed by atoms with Crippen LogP contribution in [0.2, 0.25) is 0 Å². The maximum atomic E-state index is 5.54. The second-order valence-electron chi connectivity index (χ2n) is 3.27. The van der Waals surface area contributed by atoms with Gasteiger partial charge in [-0.1, -0.05) is 0 Å². The van der Waals surface area contributed by atoms with Gasteiger partial charge in [0.2, 0.25) is 0 Å². The molecule has 0 fully saturated rings. The fraction of sp³-hybridized carbons (Fsp3) is 0.417. The molecule has 0 amide bonds. The third-order valence-corrected chi connectivity index (χ3v) is 2.18.